The van der Waals surface area contributed by atoms with Crippen LogP contribution in [0.1, 0.15) is 44.1 Å². The van der Waals surface area contributed by atoms with Crippen molar-refractivity contribution in [1.29, 1.82) is 0 Å². The summed E-state index contributed by atoms with van der Waals surface area (Å²) in [7, 11) is 0. The molecule has 0 amide bonds. The minimum Gasteiger partial charge on any atom is -0.368 e. The molecule has 0 atom stereocenters. The first-order valence-electron chi connectivity index (χ1n) is 10.2. The maximum Gasteiger partial charge on any atom is 0.225 e. The van der Waals surface area contributed by atoms with Gasteiger partial charge in [0, 0.05) is 6.54 Å². The molecule has 7 heteroatoms. The molecule has 0 unspecified atom stereocenters. The lowest BCUT2D eigenvalue weighted by atomic mass is 9.82. The molecule has 148 valence electrons. The molecule has 4 N–H and O–H groups in total. The molecule has 2 aliphatic carbocycles. The van der Waals surface area contributed by atoms with Crippen LogP contribution >= 0.6 is 0 Å². The smallest absolute Gasteiger partial charge is 0.225 e. The topological polar surface area (TPSA) is 105 Å². The van der Waals surface area contributed by atoms with Gasteiger partial charge in [-0.25, -0.2) is 4.98 Å². The Morgan fingerprint density at radius 1 is 1.11 bits per heavy atom. The first kappa shape index (κ1) is 18.8. The van der Waals surface area contributed by atoms with Crippen LogP contribution in [0.4, 0.5) is 17.5 Å². The summed E-state index contributed by atoms with van der Waals surface area (Å²) < 4.78 is 0. The van der Waals surface area contributed by atoms with Crippen LogP contribution in [-0.2, 0) is 5.54 Å². The highest BCUT2D eigenvalue weighted by molar-refractivity contribution is 5.61. The zero-order valence-corrected chi connectivity index (χ0v) is 16.1. The summed E-state index contributed by atoms with van der Waals surface area (Å²) in [5, 5.41) is 9.90. The molecule has 2 fully saturated rings. The Morgan fingerprint density at radius 2 is 1.82 bits per heavy atom. The third-order valence-electron chi connectivity index (χ3n) is 6.15. The normalized spacial score (nSPS) is 23.0. The lowest BCUT2D eigenvalue weighted by Gasteiger charge is -2.28. The van der Waals surface area contributed by atoms with E-state index in [-0.39, 0.29) is 11.2 Å². The van der Waals surface area contributed by atoms with Gasteiger partial charge in [-0.1, -0.05) is 30.3 Å². The maximum absolute atomic E-state index is 11.2. The average molecular weight is 380 g/mol. The van der Waals surface area contributed by atoms with E-state index in [0.29, 0.717) is 23.6 Å². The number of anilines is 2. The number of nitroso groups, excluding NO2 is 1. The van der Waals surface area contributed by atoms with Gasteiger partial charge < -0.3 is 16.4 Å². The molecule has 2 aromatic rings. The van der Waals surface area contributed by atoms with Gasteiger partial charge in [-0.2, -0.15) is 4.98 Å². The van der Waals surface area contributed by atoms with Gasteiger partial charge in [-0.15, -0.1) is 4.91 Å². The third kappa shape index (κ3) is 4.14. The molecule has 1 heterocycles. The van der Waals surface area contributed by atoms with Crippen molar-refractivity contribution in [1.82, 2.24) is 9.97 Å². The van der Waals surface area contributed by atoms with Crippen LogP contribution in [0.15, 0.2) is 41.7 Å². The van der Waals surface area contributed by atoms with Crippen molar-refractivity contribution in [3.8, 4) is 0 Å². The molecular formula is C21H28N6O. The number of nitrogens with two attached hydrogens (primary N) is 1. The number of nitrogens with zero attached hydrogens (tertiary/aromatic N) is 3. The Labute approximate surface area is 165 Å². The van der Waals surface area contributed by atoms with Crippen LogP contribution in [0.3, 0.4) is 0 Å². The van der Waals surface area contributed by atoms with E-state index < -0.39 is 0 Å². The van der Waals surface area contributed by atoms with Gasteiger partial charge in [0.05, 0.1) is 11.7 Å². The van der Waals surface area contributed by atoms with Gasteiger partial charge in [0.25, 0.3) is 0 Å². The monoisotopic (exact) mass is 380 g/mol. The predicted molar refractivity (Wildman–Crippen MR) is 111 cm³/mol. The Kier molecular flexibility index (Phi) is 5.52. The van der Waals surface area contributed by atoms with Crippen molar-refractivity contribution >= 4 is 17.5 Å². The largest absolute Gasteiger partial charge is 0.368 e. The Hall–Kier alpha value is -2.54. The number of hydrogen-bond acceptors (Lipinski definition) is 7. The first-order chi connectivity index (χ1) is 13.7. The Morgan fingerprint density at radius 3 is 2.46 bits per heavy atom. The van der Waals surface area contributed by atoms with Crippen molar-refractivity contribution in [2.45, 2.75) is 44.1 Å². The fourth-order valence-electron chi connectivity index (χ4n) is 4.13. The van der Waals surface area contributed by atoms with Crippen molar-refractivity contribution in [3.63, 3.8) is 0 Å². The second kappa shape index (κ2) is 8.22. The van der Waals surface area contributed by atoms with Gasteiger partial charge >= 0.3 is 0 Å². The molecule has 4 rings (SSSR count). The number of benzene rings is 1. The maximum atomic E-state index is 11.2. The second-order valence-electron chi connectivity index (χ2n) is 8.10. The standard InChI is InChI=1S/C21H28N6O/c22-12-15-6-8-16(9-7-15)13-23-19-18(27-28)14-24-20(25-19)26-21(10-11-21)17-4-2-1-3-5-17/h1-5,14-16H,6-13,22H2,(H2,23,24,25,26). The molecule has 28 heavy (non-hydrogen) atoms. The minimum atomic E-state index is -0.102. The van der Waals surface area contributed by atoms with E-state index in [4.69, 9.17) is 5.73 Å². The molecule has 1 aromatic heterocycles. The van der Waals surface area contributed by atoms with E-state index in [1.165, 1.54) is 24.6 Å². The highest BCUT2D eigenvalue weighted by Gasteiger charge is 2.45. The molecule has 1 aromatic carbocycles. The van der Waals surface area contributed by atoms with Gasteiger partial charge in [0.2, 0.25) is 5.95 Å². The highest BCUT2D eigenvalue weighted by atomic mass is 16.3. The van der Waals surface area contributed by atoms with Crippen molar-refractivity contribution < 1.29 is 0 Å². The van der Waals surface area contributed by atoms with E-state index in [2.05, 4.69) is 37.9 Å². The fraction of sp³-hybridized carbons (Fsp3) is 0.524. The molecule has 0 spiro atoms. The predicted octanol–water partition coefficient (Wildman–Crippen LogP) is 4.15. The minimum absolute atomic E-state index is 0.102. The van der Waals surface area contributed by atoms with Gasteiger partial charge in [0.15, 0.2) is 11.5 Å². The first-order valence-corrected chi connectivity index (χ1v) is 10.2. The summed E-state index contributed by atoms with van der Waals surface area (Å²) in [5.74, 6) is 2.28. The van der Waals surface area contributed by atoms with Gasteiger partial charge in [0.1, 0.15) is 0 Å². The lowest BCUT2D eigenvalue weighted by Crippen LogP contribution is -2.25. The number of hydrogen-bond donors (Lipinski definition) is 3. The Bertz CT molecular complexity index is 800. The quantitative estimate of drug-likeness (QED) is 0.594. The van der Waals surface area contributed by atoms with E-state index in [1.807, 2.05) is 18.2 Å². The number of aromatic nitrogens is 2. The number of rotatable bonds is 8. The molecule has 2 aliphatic rings. The van der Waals surface area contributed by atoms with Crippen molar-refractivity contribution in [2.75, 3.05) is 23.7 Å². The summed E-state index contributed by atoms with van der Waals surface area (Å²) in [6.07, 6.45) is 8.26. The van der Waals surface area contributed by atoms with Crippen LogP contribution in [0.2, 0.25) is 0 Å². The summed E-state index contributed by atoms with van der Waals surface area (Å²) >= 11 is 0. The fourth-order valence-corrected chi connectivity index (χ4v) is 4.13. The second-order valence-corrected chi connectivity index (χ2v) is 8.10. The molecular weight excluding hydrogens is 352 g/mol. The summed E-state index contributed by atoms with van der Waals surface area (Å²) in [6.45, 7) is 1.57. The van der Waals surface area contributed by atoms with Gasteiger partial charge in [-0.3, -0.25) is 0 Å². The average Bonchev–Trinajstić information content (AvgIpc) is 3.54. The summed E-state index contributed by atoms with van der Waals surface area (Å²) in [6, 6.07) is 10.4. The SMILES string of the molecule is NCC1CCC(CNc2nc(NC3(c4ccccc4)CC3)ncc2N=O)CC1. The van der Waals surface area contributed by atoms with E-state index in [9.17, 15) is 4.91 Å². The highest BCUT2D eigenvalue weighted by Crippen LogP contribution is 2.47. The van der Waals surface area contributed by atoms with E-state index >= 15 is 0 Å². The van der Waals surface area contributed by atoms with Crippen molar-refractivity contribution in [2.24, 2.45) is 22.7 Å². The number of nitrogens with one attached hydrogen (secondary N) is 2. The third-order valence-corrected chi connectivity index (χ3v) is 6.15. The molecule has 0 bridgehead atoms. The van der Waals surface area contributed by atoms with Crippen LogP contribution in [0.5, 0.6) is 0 Å². The molecule has 0 radical (unpaired) electrons. The zero-order valence-electron chi connectivity index (χ0n) is 16.1. The lowest BCUT2D eigenvalue weighted by molar-refractivity contribution is 0.289. The molecule has 0 saturated heterocycles. The van der Waals surface area contributed by atoms with Crippen LogP contribution in [0, 0.1) is 16.7 Å². The van der Waals surface area contributed by atoms with E-state index in [1.54, 1.807) is 0 Å². The van der Waals surface area contributed by atoms with E-state index in [0.717, 1.165) is 38.8 Å². The molecule has 7 nitrogen and oxygen atoms in total. The summed E-state index contributed by atoms with van der Waals surface area (Å²) in [4.78, 5) is 20.1. The van der Waals surface area contributed by atoms with Crippen LogP contribution in [-0.4, -0.2) is 23.1 Å². The van der Waals surface area contributed by atoms with Crippen molar-refractivity contribution in [3.05, 3.63) is 47.0 Å². The molecule has 0 aliphatic heterocycles. The Balaban J connectivity index is 1.42. The molecule has 2 saturated carbocycles. The van der Waals surface area contributed by atoms with Crippen LogP contribution < -0.4 is 16.4 Å². The zero-order chi connectivity index (χ0) is 19.4. The van der Waals surface area contributed by atoms with Gasteiger partial charge in [-0.05, 0) is 67.6 Å². The summed E-state index contributed by atoms with van der Waals surface area (Å²) in [5.41, 5.74) is 7.17. The van der Waals surface area contributed by atoms with Crippen LogP contribution in [0.25, 0.3) is 0 Å².